The zero-order valence-corrected chi connectivity index (χ0v) is 25.1. The number of aromatic nitrogens is 5. The van der Waals surface area contributed by atoms with Crippen LogP contribution in [0.5, 0.6) is 0 Å². The van der Waals surface area contributed by atoms with Gasteiger partial charge in [-0.1, -0.05) is 65.4 Å². The molecule has 0 amide bonds. The van der Waals surface area contributed by atoms with Crippen LogP contribution in [0.15, 0.2) is 87.9 Å². The number of halogens is 4. The molecular weight excluding hydrogens is 620 g/mol. The second-order valence-corrected chi connectivity index (χ2v) is 11.7. The highest BCUT2D eigenvalue weighted by atomic mass is 32.2. The van der Waals surface area contributed by atoms with Crippen molar-refractivity contribution in [3.8, 4) is 11.1 Å². The lowest BCUT2D eigenvalue weighted by molar-refractivity contribution is -0.137. The number of rotatable bonds is 10. The molecule has 0 radical (unpaired) electrons. The summed E-state index contributed by atoms with van der Waals surface area (Å²) in [4.78, 5) is 20.2. The van der Waals surface area contributed by atoms with Gasteiger partial charge in [-0.25, -0.2) is 4.39 Å². The largest absolute Gasteiger partial charge is 0.416 e. The van der Waals surface area contributed by atoms with E-state index in [-0.39, 0.29) is 24.5 Å². The molecule has 1 aliphatic rings. The summed E-state index contributed by atoms with van der Waals surface area (Å²) in [5.74, 6) is 1.17. The van der Waals surface area contributed by atoms with E-state index in [0.717, 1.165) is 40.9 Å². The fraction of sp³-hybridized carbons (Fsp3) is 0.250. The van der Waals surface area contributed by atoms with Crippen molar-refractivity contribution in [2.24, 2.45) is 5.11 Å². The highest BCUT2D eigenvalue weighted by Gasteiger charge is 2.30. The molecule has 0 fully saturated rings. The molecule has 234 valence electrons. The first kappa shape index (κ1) is 31.1. The molecule has 14 heteroatoms. The van der Waals surface area contributed by atoms with Crippen molar-refractivity contribution in [1.29, 1.82) is 0 Å². The number of thioether (sulfide) groups is 1. The lowest BCUT2D eigenvalue weighted by Crippen LogP contribution is -2.23. The predicted molar refractivity (Wildman–Crippen MR) is 164 cm³/mol. The Morgan fingerprint density at radius 2 is 1.50 bits per heavy atom. The Labute approximate surface area is 264 Å². The maximum atomic E-state index is 13.4. The molecule has 0 saturated heterocycles. The van der Waals surface area contributed by atoms with Crippen LogP contribution in [0.25, 0.3) is 21.6 Å². The van der Waals surface area contributed by atoms with Crippen molar-refractivity contribution < 1.29 is 17.6 Å². The summed E-state index contributed by atoms with van der Waals surface area (Å²) in [6.45, 7) is 0.563. The second-order valence-electron chi connectivity index (χ2n) is 10.8. The maximum absolute atomic E-state index is 13.4. The fourth-order valence-electron chi connectivity index (χ4n) is 5.45. The van der Waals surface area contributed by atoms with Gasteiger partial charge in [-0.15, -0.1) is 10.2 Å². The molecule has 0 atom stereocenters. The van der Waals surface area contributed by atoms with E-state index < -0.39 is 11.7 Å². The number of fused-ring (bicyclic) bond motifs is 1. The first-order chi connectivity index (χ1) is 22.2. The van der Waals surface area contributed by atoms with Crippen molar-refractivity contribution in [1.82, 2.24) is 24.3 Å². The summed E-state index contributed by atoms with van der Waals surface area (Å²) in [6, 6.07) is 18.6. The molecule has 0 N–H and O–H groups in total. The summed E-state index contributed by atoms with van der Waals surface area (Å²) in [5, 5.41) is 12.9. The first-order valence-corrected chi connectivity index (χ1v) is 15.4. The van der Waals surface area contributed by atoms with E-state index >= 15 is 0 Å². The molecule has 9 nitrogen and oxygen atoms in total. The number of nitrogens with zero attached hydrogens (tertiary/aromatic N) is 8. The summed E-state index contributed by atoms with van der Waals surface area (Å²) < 4.78 is 56.3. The molecular formula is C32H26F4N8OS. The van der Waals surface area contributed by atoms with Crippen LogP contribution in [-0.4, -0.2) is 24.3 Å². The third-order valence-electron chi connectivity index (χ3n) is 7.80. The molecule has 0 bridgehead atoms. The lowest BCUT2D eigenvalue weighted by atomic mass is 10.0. The third-order valence-corrected chi connectivity index (χ3v) is 8.85. The molecule has 3 aromatic carbocycles. The third kappa shape index (κ3) is 6.82. The molecule has 6 rings (SSSR count). The van der Waals surface area contributed by atoms with Gasteiger partial charge in [0.15, 0.2) is 11.0 Å². The quantitative estimate of drug-likeness (QED) is 0.0393. The molecule has 46 heavy (non-hydrogen) atoms. The minimum Gasteiger partial charge on any atom is -0.316 e. The van der Waals surface area contributed by atoms with Gasteiger partial charge < -0.3 is 9.13 Å². The number of benzene rings is 3. The topological polar surface area (TPSA) is 114 Å². The van der Waals surface area contributed by atoms with Crippen LogP contribution in [0, 0.1) is 5.82 Å². The second kappa shape index (κ2) is 13.2. The summed E-state index contributed by atoms with van der Waals surface area (Å²) in [6.07, 6.45) is -2.22. The van der Waals surface area contributed by atoms with E-state index in [9.17, 15) is 22.4 Å². The van der Waals surface area contributed by atoms with Gasteiger partial charge in [-0.2, -0.15) is 18.2 Å². The van der Waals surface area contributed by atoms with E-state index in [1.807, 2.05) is 33.4 Å². The Kier molecular flexibility index (Phi) is 8.91. The van der Waals surface area contributed by atoms with Gasteiger partial charge in [0.25, 0.3) is 5.56 Å². The van der Waals surface area contributed by atoms with E-state index in [1.165, 1.54) is 36.0 Å². The van der Waals surface area contributed by atoms with Gasteiger partial charge in [0.1, 0.15) is 11.6 Å². The Hall–Kier alpha value is -4.94. The van der Waals surface area contributed by atoms with Gasteiger partial charge in [0, 0.05) is 21.9 Å². The van der Waals surface area contributed by atoms with E-state index in [2.05, 4.69) is 25.2 Å². The average Bonchev–Trinajstić information content (AvgIpc) is 3.69. The Bertz CT molecular complexity index is 1960. The predicted octanol–water partition coefficient (Wildman–Crippen LogP) is 7.35. The fourth-order valence-corrected chi connectivity index (χ4v) is 6.42. The molecule has 0 saturated carbocycles. The van der Waals surface area contributed by atoms with Gasteiger partial charge in [0.2, 0.25) is 0 Å². The van der Waals surface area contributed by atoms with Crippen molar-refractivity contribution >= 4 is 11.8 Å². The molecule has 5 aromatic rings. The zero-order chi connectivity index (χ0) is 32.3. The summed E-state index contributed by atoms with van der Waals surface area (Å²) in [7, 11) is 0. The highest BCUT2D eigenvalue weighted by Crippen LogP contribution is 2.31. The van der Waals surface area contributed by atoms with Crippen LogP contribution < -0.4 is 5.56 Å². The van der Waals surface area contributed by atoms with Gasteiger partial charge in [-0.05, 0) is 71.3 Å². The van der Waals surface area contributed by atoms with Crippen LogP contribution in [0.4, 0.5) is 17.6 Å². The number of hydrogen-bond donors (Lipinski definition) is 0. The molecule has 2 aromatic heterocycles. The Morgan fingerprint density at radius 1 is 0.848 bits per heavy atom. The van der Waals surface area contributed by atoms with Crippen LogP contribution in [-0.2, 0) is 44.4 Å². The summed E-state index contributed by atoms with van der Waals surface area (Å²) >= 11 is 1.38. The number of azide groups is 1. The van der Waals surface area contributed by atoms with Crippen molar-refractivity contribution in [2.45, 2.75) is 56.0 Å². The zero-order valence-electron chi connectivity index (χ0n) is 24.3. The van der Waals surface area contributed by atoms with Crippen molar-refractivity contribution in [2.75, 3.05) is 0 Å². The lowest BCUT2D eigenvalue weighted by Gasteiger charge is -2.18. The van der Waals surface area contributed by atoms with Crippen LogP contribution in [0.3, 0.4) is 0 Å². The molecule has 0 aliphatic heterocycles. The van der Waals surface area contributed by atoms with Gasteiger partial charge >= 0.3 is 6.18 Å². The van der Waals surface area contributed by atoms with Crippen molar-refractivity contribution in [3.05, 3.63) is 139 Å². The number of alkyl halides is 3. The van der Waals surface area contributed by atoms with E-state index in [4.69, 9.17) is 5.53 Å². The molecule has 0 spiro atoms. The standard InChI is InChI=1S/C32H26F4N8OS/c33-25-14-6-21(7-15-25)19-46-31-39-30(45)26-2-1-3-27(26)43(31)18-29-41-40-28(16-38-42-37)44(29)17-20-4-8-22(9-5-20)23-10-12-24(13-11-23)32(34,35)36/h4-15H,1-3,16-19H2. The minimum atomic E-state index is -4.40. The number of hydrogen-bond acceptors (Lipinski definition) is 6. The molecule has 1 aliphatic carbocycles. The monoisotopic (exact) mass is 646 g/mol. The van der Waals surface area contributed by atoms with Gasteiger partial charge in [0.05, 0.1) is 25.2 Å². The van der Waals surface area contributed by atoms with Crippen molar-refractivity contribution in [3.63, 3.8) is 0 Å². The van der Waals surface area contributed by atoms with Crippen LogP contribution in [0.1, 0.15) is 46.0 Å². The Morgan fingerprint density at radius 3 is 2.17 bits per heavy atom. The molecule has 2 heterocycles. The highest BCUT2D eigenvalue weighted by molar-refractivity contribution is 7.98. The first-order valence-electron chi connectivity index (χ1n) is 14.4. The SMILES string of the molecule is [N-]=[N+]=NCc1nnc(Cn2c(SCc3ccc(F)cc3)nc(=O)c3c2CCC3)n1Cc1ccc(-c2ccc(C(F)(F)F)cc2)cc1. The van der Waals surface area contributed by atoms with E-state index in [1.54, 1.807) is 12.1 Å². The van der Waals surface area contributed by atoms with Gasteiger partial charge in [-0.3, -0.25) is 4.79 Å². The average molecular weight is 647 g/mol. The Balaban J connectivity index is 1.29. The van der Waals surface area contributed by atoms with Crippen LogP contribution in [0.2, 0.25) is 0 Å². The maximum Gasteiger partial charge on any atom is 0.416 e. The molecule has 0 unspecified atom stereocenters. The summed E-state index contributed by atoms with van der Waals surface area (Å²) in [5.41, 5.74) is 12.7. The smallest absolute Gasteiger partial charge is 0.316 e. The van der Waals surface area contributed by atoms with E-state index in [0.29, 0.717) is 53.1 Å². The minimum absolute atomic E-state index is 0.0279. The van der Waals surface area contributed by atoms with Crippen LogP contribution >= 0.6 is 11.8 Å². The normalized spacial score (nSPS) is 12.6.